The summed E-state index contributed by atoms with van der Waals surface area (Å²) in [4.78, 5) is 18.4. The van der Waals surface area contributed by atoms with E-state index < -0.39 is 0 Å². The summed E-state index contributed by atoms with van der Waals surface area (Å²) in [5.41, 5.74) is 3.98. The van der Waals surface area contributed by atoms with Gasteiger partial charge in [-0.2, -0.15) is 0 Å². The maximum atomic E-state index is 12.8. The van der Waals surface area contributed by atoms with Gasteiger partial charge in [0.05, 0.1) is 6.04 Å². The smallest absolute Gasteiger partial charge is 0.256 e. The highest BCUT2D eigenvalue weighted by atomic mass is 32.1. The molecule has 2 aromatic heterocycles. The molecule has 0 aliphatic rings. The van der Waals surface area contributed by atoms with Gasteiger partial charge in [-0.1, -0.05) is 54.1 Å². The molecule has 0 aliphatic carbocycles. The molecule has 150 valence electrons. The van der Waals surface area contributed by atoms with Crippen molar-refractivity contribution in [2.45, 2.75) is 19.9 Å². The van der Waals surface area contributed by atoms with E-state index in [4.69, 9.17) is 0 Å². The molecular weight excluding hydrogens is 390 g/mol. The van der Waals surface area contributed by atoms with Crippen LogP contribution in [0.15, 0.2) is 85.1 Å². The summed E-state index contributed by atoms with van der Waals surface area (Å²) < 4.78 is 0. The molecule has 2 heterocycles. The Morgan fingerprint density at radius 3 is 2.37 bits per heavy atom. The molecule has 0 saturated carbocycles. The SMILES string of the molecule is Cc1ccc([C@H](Nc2ccccn2)c2cc(C)sc2NC(=O)c2ccccc2)cc1. The lowest BCUT2D eigenvalue weighted by Gasteiger charge is -2.21. The van der Waals surface area contributed by atoms with Crippen molar-refractivity contribution < 1.29 is 4.79 Å². The van der Waals surface area contributed by atoms with Crippen LogP contribution in [0.4, 0.5) is 10.8 Å². The van der Waals surface area contributed by atoms with Gasteiger partial charge in [0.2, 0.25) is 0 Å². The Bertz CT molecular complexity index is 1120. The highest BCUT2D eigenvalue weighted by Crippen LogP contribution is 2.37. The van der Waals surface area contributed by atoms with E-state index in [1.807, 2.05) is 48.5 Å². The van der Waals surface area contributed by atoms with E-state index in [-0.39, 0.29) is 11.9 Å². The fraction of sp³-hybridized carbons (Fsp3) is 0.120. The molecule has 30 heavy (non-hydrogen) atoms. The van der Waals surface area contributed by atoms with Crippen LogP contribution in [-0.2, 0) is 0 Å². The summed E-state index contributed by atoms with van der Waals surface area (Å²) in [6.07, 6.45) is 1.77. The van der Waals surface area contributed by atoms with E-state index in [1.54, 1.807) is 17.5 Å². The zero-order chi connectivity index (χ0) is 20.9. The van der Waals surface area contributed by atoms with Gasteiger partial charge in [0.25, 0.3) is 5.91 Å². The number of nitrogens with zero attached hydrogens (tertiary/aromatic N) is 1. The van der Waals surface area contributed by atoms with Crippen LogP contribution in [-0.4, -0.2) is 10.9 Å². The normalized spacial score (nSPS) is 11.7. The quantitative estimate of drug-likeness (QED) is 0.395. The Morgan fingerprint density at radius 2 is 1.67 bits per heavy atom. The van der Waals surface area contributed by atoms with Gasteiger partial charge in [-0.15, -0.1) is 11.3 Å². The first kappa shape index (κ1) is 19.9. The first-order chi connectivity index (χ1) is 14.6. The van der Waals surface area contributed by atoms with Crippen LogP contribution in [0.25, 0.3) is 0 Å². The molecule has 1 atom stereocenters. The number of aromatic nitrogens is 1. The summed E-state index contributed by atoms with van der Waals surface area (Å²) in [5.74, 6) is 0.673. The summed E-state index contributed by atoms with van der Waals surface area (Å²) in [7, 11) is 0. The van der Waals surface area contributed by atoms with E-state index in [9.17, 15) is 4.79 Å². The van der Waals surface area contributed by atoms with Crippen LogP contribution in [0.2, 0.25) is 0 Å². The number of carbonyl (C=O) groups excluding carboxylic acids is 1. The predicted octanol–water partition coefficient (Wildman–Crippen LogP) is 6.21. The minimum atomic E-state index is -0.142. The third kappa shape index (κ3) is 4.58. The van der Waals surface area contributed by atoms with E-state index in [0.29, 0.717) is 5.56 Å². The maximum absolute atomic E-state index is 12.8. The van der Waals surface area contributed by atoms with Gasteiger partial charge in [0, 0.05) is 22.2 Å². The molecule has 0 aliphatic heterocycles. The van der Waals surface area contributed by atoms with Crippen LogP contribution in [0.5, 0.6) is 0 Å². The highest BCUT2D eigenvalue weighted by Gasteiger charge is 2.22. The Kier molecular flexibility index (Phi) is 5.91. The Labute approximate surface area is 180 Å². The van der Waals surface area contributed by atoms with Crippen molar-refractivity contribution in [2.75, 3.05) is 10.6 Å². The molecule has 0 bridgehead atoms. The number of nitrogens with one attached hydrogen (secondary N) is 2. The van der Waals surface area contributed by atoms with Crippen molar-refractivity contribution in [3.05, 3.63) is 112 Å². The number of benzene rings is 2. The third-order valence-corrected chi connectivity index (χ3v) is 5.81. The molecule has 1 amide bonds. The summed E-state index contributed by atoms with van der Waals surface area (Å²) in [6.45, 7) is 4.13. The minimum Gasteiger partial charge on any atom is -0.359 e. The lowest BCUT2D eigenvalue weighted by Crippen LogP contribution is -2.17. The van der Waals surface area contributed by atoms with Crippen molar-refractivity contribution in [1.29, 1.82) is 0 Å². The van der Waals surface area contributed by atoms with Gasteiger partial charge in [0.1, 0.15) is 10.8 Å². The fourth-order valence-corrected chi connectivity index (χ4v) is 4.25. The third-order valence-electron chi connectivity index (χ3n) is 4.83. The first-order valence-corrected chi connectivity index (χ1v) is 10.6. The largest absolute Gasteiger partial charge is 0.359 e. The van der Waals surface area contributed by atoms with E-state index in [1.165, 1.54) is 5.56 Å². The predicted molar refractivity (Wildman–Crippen MR) is 124 cm³/mol. The second-order valence-electron chi connectivity index (χ2n) is 7.16. The average molecular weight is 414 g/mol. The standard InChI is InChI=1S/C25H23N3OS/c1-17-11-13-19(14-12-17)23(27-22-10-6-7-15-26-22)21-16-18(2)30-25(21)28-24(29)20-8-4-3-5-9-20/h3-16,23H,1-2H3,(H,26,27)(H,28,29)/t23-/m0/s1. The molecule has 0 saturated heterocycles. The highest BCUT2D eigenvalue weighted by molar-refractivity contribution is 7.16. The number of hydrogen-bond acceptors (Lipinski definition) is 4. The molecule has 4 aromatic rings. The van der Waals surface area contributed by atoms with Gasteiger partial charge in [-0.25, -0.2) is 4.98 Å². The van der Waals surface area contributed by atoms with E-state index in [0.717, 1.165) is 26.8 Å². The molecule has 0 fully saturated rings. The van der Waals surface area contributed by atoms with Crippen LogP contribution < -0.4 is 10.6 Å². The van der Waals surface area contributed by atoms with Crippen LogP contribution in [0.1, 0.15) is 38.0 Å². The van der Waals surface area contributed by atoms with Crippen molar-refractivity contribution in [3.63, 3.8) is 0 Å². The van der Waals surface area contributed by atoms with Gasteiger partial charge in [-0.3, -0.25) is 4.79 Å². The second-order valence-corrected chi connectivity index (χ2v) is 8.42. The molecule has 4 rings (SSSR count). The van der Waals surface area contributed by atoms with Gasteiger partial charge in [0.15, 0.2) is 0 Å². The zero-order valence-electron chi connectivity index (χ0n) is 16.9. The molecule has 5 heteroatoms. The van der Waals surface area contributed by atoms with Crippen molar-refractivity contribution >= 4 is 28.1 Å². The summed E-state index contributed by atoms with van der Waals surface area (Å²) in [6, 6.07) is 25.5. The number of thiophene rings is 1. The number of anilines is 2. The number of aryl methyl sites for hydroxylation is 2. The van der Waals surface area contributed by atoms with Crippen molar-refractivity contribution in [2.24, 2.45) is 0 Å². The number of rotatable bonds is 6. The van der Waals surface area contributed by atoms with Gasteiger partial charge in [-0.05, 0) is 49.7 Å². The summed E-state index contributed by atoms with van der Waals surface area (Å²) in [5, 5.41) is 7.50. The molecule has 2 aromatic carbocycles. The lowest BCUT2D eigenvalue weighted by molar-refractivity contribution is 0.102. The molecule has 2 N–H and O–H groups in total. The molecule has 0 spiro atoms. The van der Waals surface area contributed by atoms with Gasteiger partial charge >= 0.3 is 0 Å². The number of pyridine rings is 1. The molecule has 0 radical (unpaired) electrons. The first-order valence-electron chi connectivity index (χ1n) is 9.81. The minimum absolute atomic E-state index is 0.112. The fourth-order valence-electron chi connectivity index (χ4n) is 3.31. The zero-order valence-corrected chi connectivity index (χ0v) is 17.7. The van der Waals surface area contributed by atoms with Crippen LogP contribution >= 0.6 is 11.3 Å². The Hall–Kier alpha value is -3.44. The number of amides is 1. The Balaban J connectivity index is 1.71. The molecule has 4 nitrogen and oxygen atoms in total. The monoisotopic (exact) mass is 413 g/mol. The topological polar surface area (TPSA) is 54.0 Å². The average Bonchev–Trinajstić information content (AvgIpc) is 3.13. The van der Waals surface area contributed by atoms with Crippen LogP contribution in [0.3, 0.4) is 0 Å². The molecule has 0 unspecified atom stereocenters. The number of hydrogen-bond donors (Lipinski definition) is 2. The summed E-state index contributed by atoms with van der Waals surface area (Å²) >= 11 is 1.58. The lowest BCUT2D eigenvalue weighted by atomic mass is 9.99. The second kappa shape index (κ2) is 8.93. The van der Waals surface area contributed by atoms with Crippen molar-refractivity contribution in [3.8, 4) is 0 Å². The van der Waals surface area contributed by atoms with Crippen molar-refractivity contribution in [1.82, 2.24) is 4.98 Å². The van der Waals surface area contributed by atoms with E-state index >= 15 is 0 Å². The molecular formula is C25H23N3OS. The number of carbonyl (C=O) groups is 1. The Morgan fingerprint density at radius 1 is 0.933 bits per heavy atom. The maximum Gasteiger partial charge on any atom is 0.256 e. The van der Waals surface area contributed by atoms with E-state index in [2.05, 4.69) is 59.8 Å². The van der Waals surface area contributed by atoms with Gasteiger partial charge < -0.3 is 10.6 Å². The van der Waals surface area contributed by atoms with Crippen LogP contribution in [0, 0.1) is 13.8 Å².